The van der Waals surface area contributed by atoms with Crippen LogP contribution >= 0.6 is 0 Å². The molecular weight excluding hydrogens is 298 g/mol. The van der Waals surface area contributed by atoms with Crippen molar-refractivity contribution in [1.29, 1.82) is 5.26 Å². The van der Waals surface area contributed by atoms with E-state index in [9.17, 15) is 4.79 Å². The molecule has 0 spiro atoms. The summed E-state index contributed by atoms with van der Waals surface area (Å²) in [6, 6.07) is 22.5. The number of benzene rings is 2. The summed E-state index contributed by atoms with van der Waals surface area (Å²) in [5, 5.41) is 9.13. The summed E-state index contributed by atoms with van der Waals surface area (Å²) in [5.41, 5.74) is 1.94. The Labute approximate surface area is 143 Å². The van der Waals surface area contributed by atoms with Gasteiger partial charge in [0.2, 0.25) is 0 Å². The van der Waals surface area contributed by atoms with Crippen LogP contribution in [0.5, 0.6) is 0 Å². The lowest BCUT2D eigenvalue weighted by Gasteiger charge is -2.34. The Morgan fingerprint density at radius 3 is 2.08 bits per heavy atom. The molecule has 0 aliphatic rings. The lowest BCUT2D eigenvalue weighted by atomic mass is 9.69. The maximum atomic E-state index is 11.4. The minimum atomic E-state index is -0.370. The van der Waals surface area contributed by atoms with Crippen LogP contribution in [0.15, 0.2) is 72.8 Å². The van der Waals surface area contributed by atoms with Crippen molar-refractivity contribution in [2.75, 3.05) is 7.11 Å². The highest BCUT2D eigenvalue weighted by molar-refractivity contribution is 5.81. The van der Waals surface area contributed by atoms with E-state index in [2.05, 4.69) is 35.1 Å². The van der Waals surface area contributed by atoms with Crippen LogP contribution < -0.4 is 0 Å². The van der Waals surface area contributed by atoms with E-state index in [1.165, 1.54) is 13.2 Å². The number of carbonyl (C=O) groups excluding carboxylic acids is 1. The van der Waals surface area contributed by atoms with E-state index in [0.717, 1.165) is 11.1 Å². The van der Waals surface area contributed by atoms with Crippen LogP contribution in [-0.2, 0) is 14.9 Å². The number of hydrogen-bond donors (Lipinski definition) is 0. The van der Waals surface area contributed by atoms with Gasteiger partial charge in [-0.2, -0.15) is 5.26 Å². The highest BCUT2D eigenvalue weighted by Crippen LogP contribution is 2.40. The Kier molecular flexibility index (Phi) is 6.33. The van der Waals surface area contributed by atoms with E-state index < -0.39 is 0 Å². The van der Waals surface area contributed by atoms with Crippen molar-refractivity contribution in [2.45, 2.75) is 24.7 Å². The maximum Gasteiger partial charge on any atom is 0.330 e. The predicted octanol–water partition coefficient (Wildman–Crippen LogP) is 4.40. The van der Waals surface area contributed by atoms with Crippen LogP contribution in [0.1, 0.15) is 30.4 Å². The van der Waals surface area contributed by atoms with Crippen molar-refractivity contribution < 1.29 is 9.53 Å². The second kappa shape index (κ2) is 8.69. The second-order valence-corrected chi connectivity index (χ2v) is 5.60. The molecule has 0 radical (unpaired) electrons. The molecule has 3 heteroatoms. The van der Waals surface area contributed by atoms with Gasteiger partial charge >= 0.3 is 5.97 Å². The van der Waals surface area contributed by atoms with E-state index >= 15 is 0 Å². The van der Waals surface area contributed by atoms with Gasteiger partial charge in [0.1, 0.15) is 0 Å². The summed E-state index contributed by atoms with van der Waals surface area (Å²) >= 11 is 0. The first kappa shape index (κ1) is 17.5. The van der Waals surface area contributed by atoms with E-state index in [1.807, 2.05) is 42.5 Å². The topological polar surface area (TPSA) is 50.1 Å². The number of allylic oxidation sites excluding steroid dienone is 1. The number of nitriles is 1. The van der Waals surface area contributed by atoms with Crippen LogP contribution in [0, 0.1) is 11.3 Å². The summed E-state index contributed by atoms with van der Waals surface area (Å²) in [5.74, 6) is -0.370. The molecule has 0 unspecified atom stereocenters. The Morgan fingerprint density at radius 1 is 1.08 bits per heavy atom. The van der Waals surface area contributed by atoms with Crippen molar-refractivity contribution in [2.24, 2.45) is 0 Å². The second-order valence-electron chi connectivity index (χ2n) is 5.60. The molecule has 0 saturated heterocycles. The molecule has 2 aromatic rings. The molecule has 3 nitrogen and oxygen atoms in total. The van der Waals surface area contributed by atoms with E-state index in [-0.39, 0.29) is 11.4 Å². The molecule has 0 bridgehead atoms. The third-order valence-corrected chi connectivity index (χ3v) is 4.24. The molecule has 2 rings (SSSR count). The molecule has 0 N–H and O–H groups in total. The molecule has 122 valence electrons. The fraction of sp³-hybridized carbons (Fsp3) is 0.238. The molecule has 24 heavy (non-hydrogen) atoms. The van der Waals surface area contributed by atoms with Gasteiger partial charge in [-0.3, -0.25) is 0 Å². The van der Waals surface area contributed by atoms with Gasteiger partial charge in [-0.15, -0.1) is 0 Å². The number of nitrogens with zero attached hydrogens (tertiary/aromatic N) is 1. The van der Waals surface area contributed by atoms with Crippen molar-refractivity contribution in [3.8, 4) is 6.07 Å². The van der Waals surface area contributed by atoms with Gasteiger partial charge in [0.15, 0.2) is 0 Å². The fourth-order valence-electron chi connectivity index (χ4n) is 3.00. The Balaban J connectivity index is 2.50. The van der Waals surface area contributed by atoms with Gasteiger partial charge in [-0.05, 0) is 24.0 Å². The zero-order valence-electron chi connectivity index (χ0n) is 13.8. The molecule has 0 amide bonds. The zero-order valence-corrected chi connectivity index (χ0v) is 13.8. The Bertz CT molecular complexity index is 675. The first-order valence-corrected chi connectivity index (χ1v) is 7.95. The quantitative estimate of drug-likeness (QED) is 0.561. The molecule has 0 fully saturated rings. The number of carbonyl (C=O) groups is 1. The minimum absolute atomic E-state index is 0.344. The Morgan fingerprint density at radius 2 is 1.62 bits per heavy atom. The summed E-state index contributed by atoms with van der Waals surface area (Å²) in [6.07, 6.45) is 5.03. The molecule has 0 saturated carbocycles. The number of hydrogen-bond acceptors (Lipinski definition) is 3. The van der Waals surface area contributed by atoms with E-state index in [1.54, 1.807) is 0 Å². The molecule has 0 aromatic heterocycles. The lowest BCUT2D eigenvalue weighted by molar-refractivity contribution is -0.134. The van der Waals surface area contributed by atoms with Crippen LogP contribution in [-0.4, -0.2) is 13.1 Å². The van der Waals surface area contributed by atoms with Crippen molar-refractivity contribution >= 4 is 5.97 Å². The molecule has 0 atom stereocenters. The molecule has 2 aromatic carbocycles. The Hall–Kier alpha value is -2.86. The molecule has 0 aliphatic heterocycles. The SMILES string of the molecule is COC(=O)/C=C/CC(CCC#N)(c1ccccc1)c1ccccc1. The average molecular weight is 319 g/mol. The summed E-state index contributed by atoms with van der Waals surface area (Å²) < 4.78 is 4.68. The average Bonchev–Trinajstić information content (AvgIpc) is 2.66. The van der Waals surface area contributed by atoms with Crippen LogP contribution in [0.3, 0.4) is 0 Å². The minimum Gasteiger partial charge on any atom is -0.466 e. The number of esters is 1. The molecular formula is C21H21NO2. The largest absolute Gasteiger partial charge is 0.466 e. The highest BCUT2D eigenvalue weighted by atomic mass is 16.5. The van der Waals surface area contributed by atoms with Crippen molar-refractivity contribution in [1.82, 2.24) is 0 Å². The molecule has 0 heterocycles. The fourth-order valence-corrected chi connectivity index (χ4v) is 3.00. The van der Waals surface area contributed by atoms with Crippen molar-refractivity contribution in [3.05, 3.63) is 83.9 Å². The van der Waals surface area contributed by atoms with Crippen LogP contribution in [0.4, 0.5) is 0 Å². The van der Waals surface area contributed by atoms with E-state index in [0.29, 0.717) is 19.3 Å². The molecule has 0 aliphatic carbocycles. The maximum absolute atomic E-state index is 11.4. The number of rotatable bonds is 7. The van der Waals surface area contributed by atoms with Crippen LogP contribution in [0.25, 0.3) is 0 Å². The van der Waals surface area contributed by atoms with Gasteiger partial charge in [0.25, 0.3) is 0 Å². The van der Waals surface area contributed by atoms with Gasteiger partial charge in [0.05, 0.1) is 13.2 Å². The van der Waals surface area contributed by atoms with Gasteiger partial charge in [-0.25, -0.2) is 4.79 Å². The highest BCUT2D eigenvalue weighted by Gasteiger charge is 2.32. The third kappa shape index (κ3) is 4.11. The van der Waals surface area contributed by atoms with Gasteiger partial charge < -0.3 is 4.74 Å². The third-order valence-electron chi connectivity index (χ3n) is 4.24. The van der Waals surface area contributed by atoms with Gasteiger partial charge in [0, 0.05) is 17.9 Å². The monoisotopic (exact) mass is 319 g/mol. The standard InChI is InChI=1S/C21H21NO2/c1-24-20(23)14-8-15-21(16-9-17-22,18-10-4-2-5-11-18)19-12-6-3-7-13-19/h2-8,10-14H,9,15-16H2,1H3/b14-8+. The van der Waals surface area contributed by atoms with E-state index in [4.69, 9.17) is 5.26 Å². The normalized spacial score (nSPS) is 11.2. The first-order valence-electron chi connectivity index (χ1n) is 7.95. The van der Waals surface area contributed by atoms with Crippen LogP contribution in [0.2, 0.25) is 0 Å². The summed E-state index contributed by atoms with van der Waals surface area (Å²) in [4.78, 5) is 11.4. The summed E-state index contributed by atoms with van der Waals surface area (Å²) in [7, 11) is 1.37. The number of methoxy groups -OCH3 is 1. The first-order chi connectivity index (χ1) is 11.7. The zero-order chi connectivity index (χ0) is 17.3. The predicted molar refractivity (Wildman–Crippen MR) is 94.3 cm³/mol. The van der Waals surface area contributed by atoms with Crippen molar-refractivity contribution in [3.63, 3.8) is 0 Å². The lowest BCUT2D eigenvalue weighted by Crippen LogP contribution is -2.27. The summed E-state index contributed by atoms with van der Waals surface area (Å²) in [6.45, 7) is 0. The van der Waals surface area contributed by atoms with Gasteiger partial charge in [-0.1, -0.05) is 66.7 Å². The number of ether oxygens (including phenoxy) is 1. The smallest absolute Gasteiger partial charge is 0.330 e.